The molecule has 0 bridgehead atoms. The van der Waals surface area contributed by atoms with Crippen molar-refractivity contribution in [1.82, 2.24) is 9.97 Å². The summed E-state index contributed by atoms with van der Waals surface area (Å²) in [5.74, 6) is 2.24. The van der Waals surface area contributed by atoms with Crippen LogP contribution in [-0.2, 0) is 0 Å². The Kier molecular flexibility index (Phi) is 1.98. The van der Waals surface area contributed by atoms with Crippen LogP contribution in [0.2, 0.25) is 0 Å². The smallest absolute Gasteiger partial charge is 0.174 e. The average molecular weight is 192 g/mol. The van der Waals surface area contributed by atoms with Crippen molar-refractivity contribution in [3.8, 4) is 11.6 Å². The zero-order valence-corrected chi connectivity index (χ0v) is 7.89. The Balaban J connectivity index is 2.52. The highest BCUT2D eigenvalue weighted by atomic mass is 32.1. The molecule has 2 rings (SSSR count). The minimum absolute atomic E-state index is 0.652. The van der Waals surface area contributed by atoms with Crippen LogP contribution in [0.15, 0.2) is 28.8 Å². The molecular weight excluding hydrogens is 184 g/mol. The van der Waals surface area contributed by atoms with Crippen molar-refractivity contribution in [2.24, 2.45) is 0 Å². The minimum Gasteiger partial charge on any atom is -0.458 e. The maximum Gasteiger partial charge on any atom is 0.174 e. The number of hydrogen-bond acceptors (Lipinski definition) is 3. The monoisotopic (exact) mass is 192 g/mol. The molecule has 0 radical (unpaired) electrons. The van der Waals surface area contributed by atoms with Gasteiger partial charge in [-0.3, -0.25) is 0 Å². The molecule has 1 N–H and O–H groups in total. The minimum atomic E-state index is 0.652. The molecule has 0 aliphatic heterocycles. The van der Waals surface area contributed by atoms with Crippen molar-refractivity contribution in [3.05, 3.63) is 34.8 Å². The molecule has 66 valence electrons. The third kappa shape index (κ3) is 1.67. The largest absolute Gasteiger partial charge is 0.458 e. The molecule has 0 aliphatic carbocycles. The Hall–Kier alpha value is -1.42. The van der Waals surface area contributed by atoms with E-state index in [0.29, 0.717) is 16.2 Å². The second kappa shape index (κ2) is 3.14. The molecule has 0 amide bonds. The Morgan fingerprint density at radius 2 is 2.23 bits per heavy atom. The molecule has 2 heterocycles. The lowest BCUT2D eigenvalue weighted by molar-refractivity contribution is 0.544. The molecule has 2 aromatic rings. The molecule has 0 aliphatic rings. The van der Waals surface area contributed by atoms with Gasteiger partial charge < -0.3 is 9.40 Å². The molecule has 3 nitrogen and oxygen atoms in total. The summed E-state index contributed by atoms with van der Waals surface area (Å²) in [6, 6.07) is 5.48. The second-order valence-corrected chi connectivity index (χ2v) is 3.13. The first-order valence-corrected chi connectivity index (χ1v) is 4.29. The number of aromatic nitrogens is 2. The molecule has 0 aromatic carbocycles. The number of furan rings is 1. The predicted molar refractivity (Wildman–Crippen MR) is 51.9 cm³/mol. The van der Waals surface area contributed by atoms with Crippen LogP contribution in [0.3, 0.4) is 0 Å². The van der Waals surface area contributed by atoms with Crippen LogP contribution in [0.5, 0.6) is 0 Å². The highest BCUT2D eigenvalue weighted by Gasteiger charge is 2.02. The first-order valence-electron chi connectivity index (χ1n) is 3.88. The van der Waals surface area contributed by atoms with Gasteiger partial charge in [-0.1, -0.05) is 12.2 Å². The lowest BCUT2D eigenvalue weighted by atomic mass is 10.4. The van der Waals surface area contributed by atoms with E-state index in [-0.39, 0.29) is 0 Å². The van der Waals surface area contributed by atoms with Crippen molar-refractivity contribution in [2.75, 3.05) is 0 Å². The Morgan fingerprint density at radius 1 is 1.38 bits per heavy atom. The normalized spacial score (nSPS) is 10.2. The number of H-pyrrole nitrogens is 1. The number of rotatable bonds is 1. The van der Waals surface area contributed by atoms with Gasteiger partial charge in [0, 0.05) is 6.20 Å². The number of nitrogens with one attached hydrogen (secondary N) is 1. The van der Waals surface area contributed by atoms with Gasteiger partial charge in [0.05, 0.1) is 0 Å². The van der Waals surface area contributed by atoms with Crippen molar-refractivity contribution in [3.63, 3.8) is 0 Å². The van der Waals surface area contributed by atoms with E-state index in [1.165, 1.54) is 0 Å². The third-order valence-corrected chi connectivity index (χ3v) is 1.88. The van der Waals surface area contributed by atoms with Gasteiger partial charge in [0.1, 0.15) is 10.4 Å². The molecule has 0 atom stereocenters. The summed E-state index contributed by atoms with van der Waals surface area (Å²) < 4.78 is 6.04. The zero-order chi connectivity index (χ0) is 9.26. The zero-order valence-electron chi connectivity index (χ0n) is 7.07. The average Bonchev–Trinajstić information content (AvgIpc) is 2.52. The molecule has 0 unspecified atom stereocenters. The predicted octanol–water partition coefficient (Wildman–Crippen LogP) is 2.71. The summed E-state index contributed by atoms with van der Waals surface area (Å²) in [4.78, 5) is 7.05. The summed E-state index contributed by atoms with van der Waals surface area (Å²) in [5.41, 5.74) is 0. The molecule has 13 heavy (non-hydrogen) atoms. The second-order valence-electron chi connectivity index (χ2n) is 2.69. The van der Waals surface area contributed by atoms with Gasteiger partial charge in [0.2, 0.25) is 0 Å². The maximum atomic E-state index is 5.38. The van der Waals surface area contributed by atoms with Gasteiger partial charge in [0.15, 0.2) is 11.6 Å². The first kappa shape index (κ1) is 8.19. The van der Waals surface area contributed by atoms with E-state index in [9.17, 15) is 0 Å². The van der Waals surface area contributed by atoms with Gasteiger partial charge in [-0.15, -0.1) is 0 Å². The Bertz CT molecular complexity index is 472. The summed E-state index contributed by atoms with van der Waals surface area (Å²) >= 11 is 4.97. The third-order valence-electron chi connectivity index (χ3n) is 1.64. The topological polar surface area (TPSA) is 41.8 Å². The standard InChI is InChI=1S/C9H8N2OS/c1-6-2-3-7(12-6)9-10-5-4-8(13)11-9/h2-5H,1H3,(H,10,11,13). The van der Waals surface area contributed by atoms with Crippen LogP contribution in [0.1, 0.15) is 5.76 Å². The number of aromatic amines is 1. The summed E-state index contributed by atoms with van der Waals surface area (Å²) in [6.07, 6.45) is 1.66. The highest BCUT2D eigenvalue weighted by molar-refractivity contribution is 7.71. The van der Waals surface area contributed by atoms with Crippen LogP contribution in [0.25, 0.3) is 11.6 Å². The van der Waals surface area contributed by atoms with Crippen LogP contribution in [0.4, 0.5) is 0 Å². The fraction of sp³-hybridized carbons (Fsp3) is 0.111. The quantitative estimate of drug-likeness (QED) is 0.706. The van der Waals surface area contributed by atoms with E-state index in [4.69, 9.17) is 16.6 Å². The summed E-state index contributed by atoms with van der Waals surface area (Å²) in [7, 11) is 0. The summed E-state index contributed by atoms with van der Waals surface area (Å²) in [5, 5.41) is 0. The van der Waals surface area contributed by atoms with Crippen molar-refractivity contribution in [2.45, 2.75) is 6.92 Å². The molecule has 0 fully saturated rings. The number of nitrogens with zero attached hydrogens (tertiary/aromatic N) is 1. The molecule has 4 heteroatoms. The molecule has 0 saturated carbocycles. The molecule has 0 saturated heterocycles. The highest BCUT2D eigenvalue weighted by Crippen LogP contribution is 2.16. The van der Waals surface area contributed by atoms with E-state index < -0.39 is 0 Å². The molecule has 0 spiro atoms. The lowest BCUT2D eigenvalue weighted by Crippen LogP contribution is -1.85. The van der Waals surface area contributed by atoms with Gasteiger partial charge in [-0.25, -0.2) is 4.98 Å². The van der Waals surface area contributed by atoms with E-state index >= 15 is 0 Å². The van der Waals surface area contributed by atoms with Crippen molar-refractivity contribution >= 4 is 12.2 Å². The fourth-order valence-electron chi connectivity index (χ4n) is 1.06. The van der Waals surface area contributed by atoms with E-state index in [1.54, 1.807) is 12.3 Å². The van der Waals surface area contributed by atoms with E-state index in [1.807, 2.05) is 19.1 Å². The van der Waals surface area contributed by atoms with Crippen LogP contribution >= 0.6 is 12.2 Å². The lowest BCUT2D eigenvalue weighted by Gasteiger charge is -1.94. The van der Waals surface area contributed by atoms with Gasteiger partial charge in [-0.05, 0) is 25.1 Å². The molecule has 2 aromatic heterocycles. The van der Waals surface area contributed by atoms with Gasteiger partial charge in [-0.2, -0.15) is 0 Å². The van der Waals surface area contributed by atoms with Crippen molar-refractivity contribution < 1.29 is 4.42 Å². The number of hydrogen-bond donors (Lipinski definition) is 1. The maximum absolute atomic E-state index is 5.38. The Labute approximate surface area is 80.4 Å². The summed E-state index contributed by atoms with van der Waals surface area (Å²) in [6.45, 7) is 1.89. The molecular formula is C9H8N2OS. The number of aryl methyl sites for hydroxylation is 1. The Morgan fingerprint density at radius 3 is 2.85 bits per heavy atom. The van der Waals surface area contributed by atoms with Gasteiger partial charge in [0.25, 0.3) is 0 Å². The van der Waals surface area contributed by atoms with Gasteiger partial charge >= 0.3 is 0 Å². The van der Waals surface area contributed by atoms with Crippen LogP contribution < -0.4 is 0 Å². The SMILES string of the molecule is Cc1ccc(-c2nccc(=S)[nH]2)o1. The van der Waals surface area contributed by atoms with E-state index in [0.717, 1.165) is 5.76 Å². The van der Waals surface area contributed by atoms with E-state index in [2.05, 4.69) is 9.97 Å². The first-order chi connectivity index (χ1) is 6.25. The van der Waals surface area contributed by atoms with Crippen LogP contribution in [-0.4, -0.2) is 9.97 Å². The fourth-order valence-corrected chi connectivity index (χ4v) is 1.21. The van der Waals surface area contributed by atoms with Crippen molar-refractivity contribution in [1.29, 1.82) is 0 Å². The van der Waals surface area contributed by atoms with Crippen LogP contribution in [0, 0.1) is 11.6 Å².